The number of nitrogens with one attached hydrogen (secondary N) is 1. The van der Waals surface area contributed by atoms with Crippen LogP contribution in [0.2, 0.25) is 0 Å². The minimum Gasteiger partial charge on any atom is -0.494 e. The van der Waals surface area contributed by atoms with Gasteiger partial charge in [-0.2, -0.15) is 0 Å². The molecule has 0 spiro atoms. The second-order valence-electron chi connectivity index (χ2n) is 7.04. The zero-order chi connectivity index (χ0) is 22.8. The molecule has 164 valence electrons. The van der Waals surface area contributed by atoms with Crippen LogP contribution in [0.5, 0.6) is 5.75 Å². The molecule has 3 heterocycles. The highest BCUT2D eigenvalue weighted by Crippen LogP contribution is 2.32. The molecular formula is C24H17F2N5OS. The third kappa shape index (κ3) is 4.35. The van der Waals surface area contributed by atoms with Crippen LogP contribution in [0.1, 0.15) is 6.92 Å². The van der Waals surface area contributed by atoms with E-state index >= 15 is 0 Å². The summed E-state index contributed by atoms with van der Waals surface area (Å²) < 4.78 is 32.6. The lowest BCUT2D eigenvalue weighted by atomic mass is 10.2. The highest BCUT2D eigenvalue weighted by molar-refractivity contribution is 7.14. The van der Waals surface area contributed by atoms with Gasteiger partial charge in [0.2, 0.25) is 0 Å². The van der Waals surface area contributed by atoms with Crippen molar-refractivity contribution in [2.75, 3.05) is 11.9 Å². The first-order valence-electron chi connectivity index (χ1n) is 10.1. The molecule has 0 bridgehead atoms. The molecule has 1 N–H and O–H groups in total. The minimum atomic E-state index is -0.915. The Hall–Kier alpha value is -3.98. The highest BCUT2D eigenvalue weighted by Gasteiger charge is 2.14. The molecule has 2 aromatic carbocycles. The molecular weight excluding hydrogens is 444 g/mol. The summed E-state index contributed by atoms with van der Waals surface area (Å²) >= 11 is 1.33. The topological polar surface area (TPSA) is 72.8 Å². The molecule has 0 aliphatic heterocycles. The van der Waals surface area contributed by atoms with Gasteiger partial charge in [0, 0.05) is 34.3 Å². The molecule has 0 atom stereocenters. The molecule has 6 nitrogen and oxygen atoms in total. The van der Waals surface area contributed by atoms with Gasteiger partial charge in [0.25, 0.3) is 0 Å². The second-order valence-corrected chi connectivity index (χ2v) is 7.90. The lowest BCUT2D eigenvalue weighted by Crippen LogP contribution is -2.00. The van der Waals surface area contributed by atoms with Crippen molar-refractivity contribution < 1.29 is 13.5 Å². The number of pyridine rings is 1. The lowest BCUT2D eigenvalue weighted by Gasteiger charge is -2.11. The fourth-order valence-corrected chi connectivity index (χ4v) is 4.02. The van der Waals surface area contributed by atoms with Gasteiger partial charge < -0.3 is 10.1 Å². The smallest absolute Gasteiger partial charge is 0.188 e. The van der Waals surface area contributed by atoms with Gasteiger partial charge >= 0.3 is 0 Å². The summed E-state index contributed by atoms with van der Waals surface area (Å²) in [7, 11) is 0. The van der Waals surface area contributed by atoms with E-state index in [2.05, 4.69) is 20.3 Å². The predicted molar refractivity (Wildman–Crippen MR) is 125 cm³/mol. The molecule has 5 aromatic rings. The molecule has 0 aliphatic carbocycles. The molecule has 0 saturated carbocycles. The molecule has 0 saturated heterocycles. The van der Waals surface area contributed by atoms with Gasteiger partial charge in [-0.25, -0.2) is 23.7 Å². The fourth-order valence-electron chi connectivity index (χ4n) is 3.30. The van der Waals surface area contributed by atoms with Crippen molar-refractivity contribution in [1.29, 1.82) is 0 Å². The Bertz CT molecular complexity index is 1440. The van der Waals surface area contributed by atoms with Crippen LogP contribution >= 0.6 is 11.3 Å². The van der Waals surface area contributed by atoms with Crippen molar-refractivity contribution in [2.45, 2.75) is 6.92 Å². The largest absolute Gasteiger partial charge is 0.494 e. The normalized spacial score (nSPS) is 11.0. The molecule has 9 heteroatoms. The van der Waals surface area contributed by atoms with E-state index in [4.69, 9.17) is 9.72 Å². The van der Waals surface area contributed by atoms with Crippen molar-refractivity contribution in [3.05, 3.63) is 77.9 Å². The first kappa shape index (κ1) is 20.9. The molecule has 0 unspecified atom stereocenters. The Morgan fingerprint density at radius 2 is 1.88 bits per heavy atom. The molecule has 0 fully saturated rings. The van der Waals surface area contributed by atoms with Gasteiger partial charge in [-0.15, -0.1) is 11.3 Å². The van der Waals surface area contributed by atoms with Crippen molar-refractivity contribution in [2.24, 2.45) is 0 Å². The zero-order valence-electron chi connectivity index (χ0n) is 17.4. The van der Waals surface area contributed by atoms with Crippen molar-refractivity contribution in [3.8, 4) is 28.4 Å². The van der Waals surface area contributed by atoms with Crippen molar-refractivity contribution >= 4 is 33.2 Å². The maximum Gasteiger partial charge on any atom is 0.188 e. The third-order valence-corrected chi connectivity index (χ3v) is 5.60. The maximum atomic E-state index is 13.7. The number of benzene rings is 2. The average molecular weight is 461 g/mol. The van der Waals surface area contributed by atoms with E-state index in [1.54, 1.807) is 17.8 Å². The first-order valence-corrected chi connectivity index (χ1v) is 11.0. The summed E-state index contributed by atoms with van der Waals surface area (Å²) in [5.41, 5.74) is 2.52. The fraction of sp³-hybridized carbons (Fsp3) is 0.0833. The third-order valence-electron chi connectivity index (χ3n) is 4.84. The van der Waals surface area contributed by atoms with Gasteiger partial charge in [-0.3, -0.25) is 4.98 Å². The van der Waals surface area contributed by atoms with Gasteiger partial charge in [-0.05, 0) is 55.5 Å². The van der Waals surface area contributed by atoms with Crippen LogP contribution in [0.25, 0.3) is 33.5 Å². The predicted octanol–water partition coefficient (Wildman–Crippen LogP) is 6.24. The summed E-state index contributed by atoms with van der Waals surface area (Å²) in [6.45, 7) is 2.45. The molecule has 0 radical (unpaired) electrons. The Balaban J connectivity index is 1.56. The van der Waals surface area contributed by atoms with E-state index in [1.807, 2.05) is 37.3 Å². The molecule has 3 aromatic heterocycles. The minimum absolute atomic E-state index is 0.487. The summed E-state index contributed by atoms with van der Waals surface area (Å²) in [5.74, 6) is -0.0483. The number of ether oxygens (including phenoxy) is 1. The van der Waals surface area contributed by atoms with E-state index < -0.39 is 11.6 Å². The molecule has 0 amide bonds. The number of anilines is 2. The zero-order valence-corrected chi connectivity index (χ0v) is 18.2. The standard InChI is InChI=1S/C24H17F2N5OS/c1-2-32-16-6-8-20-17(11-16)23(30-22(28-20)15-4-3-9-27-12-15)31-24-29-21(13-33-24)14-5-7-18(25)19(26)10-14/h3-13H,2H2,1H3,(H,28,29,30,31). The van der Waals surface area contributed by atoms with E-state index in [0.29, 0.717) is 40.4 Å². The Labute approximate surface area is 192 Å². The molecule has 33 heavy (non-hydrogen) atoms. The van der Waals surface area contributed by atoms with E-state index in [9.17, 15) is 8.78 Å². The summed E-state index contributed by atoms with van der Waals surface area (Å²) in [6.07, 6.45) is 3.39. The number of fused-ring (bicyclic) bond motifs is 1. The Morgan fingerprint density at radius 3 is 2.67 bits per heavy atom. The number of rotatable bonds is 6. The van der Waals surface area contributed by atoms with E-state index in [0.717, 1.165) is 28.6 Å². The summed E-state index contributed by atoms with van der Waals surface area (Å²) in [6, 6.07) is 13.0. The van der Waals surface area contributed by atoms with Gasteiger partial charge in [0.1, 0.15) is 11.6 Å². The SMILES string of the molecule is CCOc1ccc2nc(-c3cccnc3)nc(Nc3nc(-c4ccc(F)c(F)c4)cs3)c2c1. The van der Waals surface area contributed by atoms with Gasteiger partial charge in [0.15, 0.2) is 22.6 Å². The molecule has 0 aliphatic rings. The Morgan fingerprint density at radius 1 is 0.970 bits per heavy atom. The van der Waals surface area contributed by atoms with Crippen molar-refractivity contribution in [3.63, 3.8) is 0 Å². The van der Waals surface area contributed by atoms with E-state index in [1.165, 1.54) is 17.4 Å². The average Bonchev–Trinajstić information content (AvgIpc) is 3.30. The van der Waals surface area contributed by atoms with Crippen LogP contribution < -0.4 is 10.1 Å². The number of nitrogens with zero attached hydrogens (tertiary/aromatic N) is 4. The number of thiazole rings is 1. The van der Waals surface area contributed by atoms with Crippen LogP contribution in [0.4, 0.5) is 19.7 Å². The second kappa shape index (κ2) is 8.87. The quantitative estimate of drug-likeness (QED) is 0.323. The van der Waals surface area contributed by atoms with Crippen molar-refractivity contribution in [1.82, 2.24) is 19.9 Å². The van der Waals surface area contributed by atoms with Crippen LogP contribution in [0.3, 0.4) is 0 Å². The lowest BCUT2D eigenvalue weighted by molar-refractivity contribution is 0.340. The number of hydrogen-bond donors (Lipinski definition) is 1. The van der Waals surface area contributed by atoms with E-state index in [-0.39, 0.29) is 0 Å². The van der Waals surface area contributed by atoms with Crippen LogP contribution in [0, 0.1) is 11.6 Å². The monoisotopic (exact) mass is 461 g/mol. The maximum absolute atomic E-state index is 13.7. The number of aromatic nitrogens is 4. The first-order chi connectivity index (χ1) is 16.1. The molecule has 5 rings (SSSR count). The number of halogens is 2. The van der Waals surface area contributed by atoms with Gasteiger partial charge in [0.05, 0.1) is 17.8 Å². The number of hydrogen-bond acceptors (Lipinski definition) is 7. The Kier molecular flexibility index (Phi) is 5.62. The van der Waals surface area contributed by atoms with Gasteiger partial charge in [-0.1, -0.05) is 0 Å². The summed E-state index contributed by atoms with van der Waals surface area (Å²) in [5, 5.41) is 6.34. The van der Waals surface area contributed by atoms with Crippen LogP contribution in [0.15, 0.2) is 66.3 Å². The van der Waals surface area contributed by atoms with Crippen LogP contribution in [-0.2, 0) is 0 Å². The highest BCUT2D eigenvalue weighted by atomic mass is 32.1. The summed E-state index contributed by atoms with van der Waals surface area (Å²) in [4.78, 5) is 18.1. The van der Waals surface area contributed by atoms with Crippen LogP contribution in [-0.4, -0.2) is 26.5 Å².